The maximum Gasteiger partial charge on any atom is 0.264 e. The highest BCUT2D eigenvalue weighted by molar-refractivity contribution is 7.92. The van der Waals surface area contributed by atoms with Gasteiger partial charge in [0.2, 0.25) is 5.91 Å². The van der Waals surface area contributed by atoms with Gasteiger partial charge < -0.3 is 14.8 Å². The molecular formula is C23H20ClFN2O5S. The van der Waals surface area contributed by atoms with E-state index in [2.05, 4.69) is 5.32 Å². The Balaban J connectivity index is 1.67. The summed E-state index contributed by atoms with van der Waals surface area (Å²) in [5.74, 6) is -0.562. The van der Waals surface area contributed by atoms with Crippen molar-refractivity contribution in [1.29, 1.82) is 0 Å². The fraction of sp³-hybridized carbons (Fsp3) is 0.174. The van der Waals surface area contributed by atoms with Crippen molar-refractivity contribution in [2.45, 2.75) is 11.8 Å². The lowest BCUT2D eigenvalue weighted by Crippen LogP contribution is -2.38. The lowest BCUT2D eigenvalue weighted by atomic mass is 10.2. The minimum absolute atomic E-state index is 0.00183. The van der Waals surface area contributed by atoms with Gasteiger partial charge in [-0.2, -0.15) is 0 Å². The summed E-state index contributed by atoms with van der Waals surface area (Å²) in [7, 11) is -4.26. The molecular weight excluding hydrogens is 471 g/mol. The lowest BCUT2D eigenvalue weighted by Gasteiger charge is -2.25. The Bertz CT molecular complexity index is 1320. The van der Waals surface area contributed by atoms with Crippen LogP contribution in [0.25, 0.3) is 0 Å². The van der Waals surface area contributed by atoms with Crippen LogP contribution in [0, 0.1) is 12.7 Å². The van der Waals surface area contributed by atoms with Gasteiger partial charge in [0.15, 0.2) is 11.5 Å². The van der Waals surface area contributed by atoms with Crippen molar-refractivity contribution >= 4 is 38.9 Å². The first-order valence-corrected chi connectivity index (χ1v) is 11.8. The van der Waals surface area contributed by atoms with E-state index < -0.39 is 28.3 Å². The first-order valence-electron chi connectivity index (χ1n) is 9.98. The standard InChI is InChI=1S/C23H20ClFN2O5S/c1-15-5-6-17(12-20(15)24)26-23(28)14-27(18-4-2-3-16(25)11-18)33(29,30)19-7-8-21-22(13-19)32-10-9-31-21/h2-8,11-13H,9-10,14H2,1H3,(H,26,28). The molecule has 0 unspecified atom stereocenters. The molecule has 0 spiro atoms. The zero-order chi connectivity index (χ0) is 23.6. The van der Waals surface area contributed by atoms with Crippen molar-refractivity contribution in [1.82, 2.24) is 0 Å². The highest BCUT2D eigenvalue weighted by Crippen LogP contribution is 2.34. The normalized spacial score (nSPS) is 12.8. The van der Waals surface area contributed by atoms with Gasteiger partial charge in [-0.3, -0.25) is 9.10 Å². The van der Waals surface area contributed by atoms with Gasteiger partial charge in [-0.25, -0.2) is 12.8 Å². The van der Waals surface area contributed by atoms with Gasteiger partial charge >= 0.3 is 0 Å². The highest BCUT2D eigenvalue weighted by Gasteiger charge is 2.29. The molecule has 7 nitrogen and oxygen atoms in total. The van der Waals surface area contributed by atoms with E-state index in [-0.39, 0.29) is 22.9 Å². The molecule has 4 rings (SSSR count). The largest absolute Gasteiger partial charge is 0.486 e. The molecule has 1 N–H and O–H groups in total. The fourth-order valence-corrected chi connectivity index (χ4v) is 4.87. The third kappa shape index (κ3) is 5.04. The fourth-order valence-electron chi connectivity index (χ4n) is 3.26. The van der Waals surface area contributed by atoms with Gasteiger partial charge in [-0.15, -0.1) is 0 Å². The van der Waals surface area contributed by atoms with E-state index in [1.807, 2.05) is 6.92 Å². The van der Waals surface area contributed by atoms with Crippen LogP contribution in [0.3, 0.4) is 0 Å². The van der Waals surface area contributed by atoms with Gasteiger partial charge in [0.1, 0.15) is 25.6 Å². The number of amides is 1. The Kier molecular flexibility index (Phi) is 6.44. The summed E-state index contributed by atoms with van der Waals surface area (Å²) in [4.78, 5) is 12.7. The van der Waals surface area contributed by atoms with Crippen molar-refractivity contribution < 1.29 is 27.1 Å². The van der Waals surface area contributed by atoms with Crippen LogP contribution in [-0.4, -0.2) is 34.1 Å². The van der Waals surface area contributed by atoms with Crippen LogP contribution in [0.2, 0.25) is 5.02 Å². The molecule has 10 heteroatoms. The topological polar surface area (TPSA) is 84.9 Å². The number of hydrogen-bond acceptors (Lipinski definition) is 5. The van der Waals surface area contributed by atoms with Gasteiger partial charge in [-0.1, -0.05) is 23.7 Å². The maximum absolute atomic E-state index is 13.9. The quantitative estimate of drug-likeness (QED) is 0.554. The first-order chi connectivity index (χ1) is 15.7. The number of nitrogens with one attached hydrogen (secondary N) is 1. The summed E-state index contributed by atoms with van der Waals surface area (Å²) in [5.41, 5.74) is 1.24. The van der Waals surface area contributed by atoms with Gasteiger partial charge in [0, 0.05) is 16.8 Å². The Hall–Kier alpha value is -3.30. The van der Waals surface area contributed by atoms with E-state index >= 15 is 0 Å². The summed E-state index contributed by atoms with van der Waals surface area (Å²) >= 11 is 6.11. The molecule has 33 heavy (non-hydrogen) atoms. The number of fused-ring (bicyclic) bond motifs is 1. The predicted molar refractivity (Wildman–Crippen MR) is 123 cm³/mol. The zero-order valence-corrected chi connectivity index (χ0v) is 19.1. The number of halogens is 2. The summed E-state index contributed by atoms with van der Waals surface area (Å²) in [6, 6.07) is 14.1. The average molecular weight is 491 g/mol. The number of carbonyl (C=O) groups is 1. The second kappa shape index (κ2) is 9.29. The van der Waals surface area contributed by atoms with E-state index in [1.54, 1.807) is 18.2 Å². The van der Waals surface area contributed by atoms with Crippen LogP contribution in [0.15, 0.2) is 65.6 Å². The van der Waals surface area contributed by atoms with E-state index in [0.29, 0.717) is 23.1 Å². The Morgan fingerprint density at radius 1 is 1.06 bits per heavy atom. The number of aryl methyl sites for hydroxylation is 1. The molecule has 172 valence electrons. The zero-order valence-electron chi connectivity index (χ0n) is 17.5. The van der Waals surface area contributed by atoms with Crippen molar-refractivity contribution in [2.24, 2.45) is 0 Å². The smallest absolute Gasteiger partial charge is 0.264 e. The third-order valence-corrected chi connectivity index (χ3v) is 7.12. The van der Waals surface area contributed by atoms with Crippen LogP contribution in [0.5, 0.6) is 11.5 Å². The number of benzene rings is 3. The molecule has 0 fully saturated rings. The van der Waals surface area contributed by atoms with Gasteiger partial charge in [-0.05, 0) is 55.0 Å². The minimum Gasteiger partial charge on any atom is -0.486 e. The molecule has 1 amide bonds. The second-order valence-electron chi connectivity index (χ2n) is 7.31. The molecule has 0 aliphatic carbocycles. The highest BCUT2D eigenvalue weighted by atomic mass is 35.5. The molecule has 1 aliphatic rings. The number of anilines is 2. The monoisotopic (exact) mass is 490 g/mol. The van der Waals surface area contributed by atoms with Crippen molar-refractivity contribution in [2.75, 3.05) is 29.4 Å². The Morgan fingerprint density at radius 2 is 1.82 bits per heavy atom. The lowest BCUT2D eigenvalue weighted by molar-refractivity contribution is -0.114. The van der Waals surface area contributed by atoms with Crippen LogP contribution in [-0.2, 0) is 14.8 Å². The van der Waals surface area contributed by atoms with E-state index in [0.717, 1.165) is 15.9 Å². The first kappa shape index (κ1) is 22.9. The predicted octanol–water partition coefficient (Wildman–Crippen LogP) is 4.39. The number of carbonyl (C=O) groups excluding carboxylic acids is 1. The van der Waals surface area contributed by atoms with Crippen molar-refractivity contribution in [3.05, 3.63) is 77.1 Å². The second-order valence-corrected chi connectivity index (χ2v) is 9.58. The molecule has 1 aliphatic heterocycles. The number of ether oxygens (including phenoxy) is 2. The number of nitrogens with zero attached hydrogens (tertiary/aromatic N) is 1. The molecule has 0 radical (unpaired) electrons. The molecule has 0 bridgehead atoms. The summed E-state index contributed by atoms with van der Waals surface area (Å²) in [6.45, 7) is 1.87. The maximum atomic E-state index is 13.9. The van der Waals surface area contributed by atoms with Crippen LogP contribution in [0.4, 0.5) is 15.8 Å². The number of rotatable bonds is 6. The van der Waals surface area contributed by atoms with E-state index in [1.165, 1.54) is 36.4 Å². The molecule has 0 saturated heterocycles. The number of hydrogen-bond donors (Lipinski definition) is 1. The summed E-state index contributed by atoms with van der Waals surface area (Å²) < 4.78 is 52.7. The van der Waals surface area contributed by atoms with Crippen molar-refractivity contribution in [3.8, 4) is 11.5 Å². The van der Waals surface area contributed by atoms with Crippen molar-refractivity contribution in [3.63, 3.8) is 0 Å². The molecule has 3 aromatic rings. The van der Waals surface area contributed by atoms with E-state index in [4.69, 9.17) is 21.1 Å². The third-order valence-electron chi connectivity index (χ3n) is 4.94. The average Bonchev–Trinajstić information content (AvgIpc) is 2.79. The molecule has 0 aromatic heterocycles. The summed E-state index contributed by atoms with van der Waals surface area (Å²) in [5, 5.41) is 3.09. The number of sulfonamides is 1. The van der Waals surface area contributed by atoms with Crippen LogP contribution < -0.4 is 19.1 Å². The molecule has 0 saturated carbocycles. The Morgan fingerprint density at radius 3 is 2.55 bits per heavy atom. The van der Waals surface area contributed by atoms with E-state index in [9.17, 15) is 17.6 Å². The summed E-state index contributed by atoms with van der Waals surface area (Å²) in [6.07, 6.45) is 0. The van der Waals surface area contributed by atoms with Crippen LogP contribution in [0.1, 0.15) is 5.56 Å². The molecule has 1 heterocycles. The van der Waals surface area contributed by atoms with Crippen LogP contribution >= 0.6 is 11.6 Å². The minimum atomic E-state index is -4.26. The SMILES string of the molecule is Cc1ccc(NC(=O)CN(c2cccc(F)c2)S(=O)(=O)c2ccc3c(c2)OCCO3)cc1Cl. The molecule has 3 aromatic carbocycles. The van der Waals surface area contributed by atoms with Gasteiger partial charge in [0.05, 0.1) is 10.6 Å². The Labute approximate surface area is 195 Å². The molecule has 0 atom stereocenters. The van der Waals surface area contributed by atoms with Gasteiger partial charge in [0.25, 0.3) is 10.0 Å².